The Bertz CT molecular complexity index is 520. The summed E-state index contributed by atoms with van der Waals surface area (Å²) in [5.74, 6) is 1.11. The van der Waals surface area contributed by atoms with Gasteiger partial charge in [-0.25, -0.2) is 0 Å². The summed E-state index contributed by atoms with van der Waals surface area (Å²) in [6.07, 6.45) is -0.174. The van der Waals surface area contributed by atoms with Gasteiger partial charge in [0.1, 0.15) is 18.5 Å². The lowest BCUT2D eigenvalue weighted by Gasteiger charge is -2.25. The van der Waals surface area contributed by atoms with E-state index in [4.69, 9.17) is 10.00 Å². The number of aliphatic hydroxyl groups excluding tert-OH is 1. The molecule has 0 saturated carbocycles. The maximum atomic E-state index is 11.2. The summed E-state index contributed by atoms with van der Waals surface area (Å²) in [5, 5.41) is 18.8. The highest BCUT2D eigenvalue weighted by atomic mass is 16.5. The van der Waals surface area contributed by atoms with Gasteiger partial charge in [0.05, 0.1) is 6.07 Å². The molecule has 1 N–H and O–H groups in total. The van der Waals surface area contributed by atoms with E-state index in [1.54, 1.807) is 24.3 Å². The number of aliphatic hydroxyl groups is 1. The van der Waals surface area contributed by atoms with Crippen LogP contribution in [0, 0.1) is 17.2 Å². The molecule has 0 saturated heterocycles. The Morgan fingerprint density at radius 3 is 2.48 bits per heavy atom. The highest BCUT2D eigenvalue weighted by Gasteiger charge is 2.13. The van der Waals surface area contributed by atoms with E-state index < -0.39 is 6.10 Å². The number of Topliss-reactive ketones (excluding diaryl/α,β-unsaturated/α-hetero) is 1. The summed E-state index contributed by atoms with van der Waals surface area (Å²) in [5.41, 5.74) is 0.637. The third kappa shape index (κ3) is 7.78. The molecule has 0 radical (unpaired) electrons. The molecule has 0 amide bonds. The molecule has 0 aliphatic heterocycles. The zero-order valence-electron chi connectivity index (χ0n) is 14.2. The first-order valence-electron chi connectivity index (χ1n) is 7.93. The van der Waals surface area contributed by atoms with E-state index in [1.165, 1.54) is 6.92 Å². The number of hydrogen-bond donors (Lipinski definition) is 1. The largest absolute Gasteiger partial charge is 0.491 e. The topological polar surface area (TPSA) is 73.6 Å². The fourth-order valence-corrected chi connectivity index (χ4v) is 2.31. The van der Waals surface area contributed by atoms with E-state index >= 15 is 0 Å². The van der Waals surface area contributed by atoms with Crippen LogP contribution in [0.5, 0.6) is 5.75 Å². The second-order valence-corrected chi connectivity index (χ2v) is 6.11. The molecule has 0 unspecified atom stereocenters. The Labute approximate surface area is 138 Å². The Balaban J connectivity index is 2.45. The Hall–Kier alpha value is -1.90. The van der Waals surface area contributed by atoms with E-state index in [0.29, 0.717) is 36.7 Å². The average molecular weight is 318 g/mol. The SMILES string of the molecule is CC(=O)c1ccc(OC[C@H](O)CN(CCC#N)CC(C)C)cc1. The van der Waals surface area contributed by atoms with Crippen molar-refractivity contribution in [3.8, 4) is 11.8 Å². The van der Waals surface area contributed by atoms with Crippen LogP contribution in [0.1, 0.15) is 37.6 Å². The highest BCUT2D eigenvalue weighted by Crippen LogP contribution is 2.13. The van der Waals surface area contributed by atoms with Crippen molar-refractivity contribution in [2.24, 2.45) is 5.92 Å². The standard InChI is InChI=1S/C18H26N2O3/c1-14(2)11-20(10-4-9-19)12-17(22)13-23-18-7-5-16(6-8-18)15(3)21/h5-8,14,17,22H,4,10-13H2,1-3H3/t17-/m1/s1. The van der Waals surface area contributed by atoms with Gasteiger partial charge in [0.2, 0.25) is 0 Å². The van der Waals surface area contributed by atoms with Gasteiger partial charge in [0.25, 0.3) is 0 Å². The molecule has 5 heteroatoms. The maximum absolute atomic E-state index is 11.2. The Morgan fingerprint density at radius 1 is 1.30 bits per heavy atom. The Morgan fingerprint density at radius 2 is 1.96 bits per heavy atom. The number of ether oxygens (including phenoxy) is 1. The summed E-state index contributed by atoms with van der Waals surface area (Å²) < 4.78 is 5.56. The van der Waals surface area contributed by atoms with E-state index in [1.807, 2.05) is 0 Å². The van der Waals surface area contributed by atoms with Gasteiger partial charge in [-0.15, -0.1) is 0 Å². The molecular formula is C18H26N2O3. The summed E-state index contributed by atoms with van der Waals surface area (Å²) in [6, 6.07) is 9.01. The molecule has 5 nitrogen and oxygen atoms in total. The zero-order valence-corrected chi connectivity index (χ0v) is 14.2. The highest BCUT2D eigenvalue weighted by molar-refractivity contribution is 5.94. The van der Waals surface area contributed by atoms with Gasteiger partial charge in [-0.1, -0.05) is 13.8 Å². The summed E-state index contributed by atoms with van der Waals surface area (Å²) in [7, 11) is 0. The van der Waals surface area contributed by atoms with Crippen molar-refractivity contribution in [1.29, 1.82) is 5.26 Å². The number of carbonyl (C=O) groups excluding carboxylic acids is 1. The van der Waals surface area contributed by atoms with Crippen molar-refractivity contribution in [3.63, 3.8) is 0 Å². The fourth-order valence-electron chi connectivity index (χ4n) is 2.31. The van der Waals surface area contributed by atoms with Gasteiger partial charge in [-0.2, -0.15) is 5.26 Å². The molecule has 0 aromatic heterocycles. The monoisotopic (exact) mass is 318 g/mol. The minimum absolute atomic E-state index is 0.0124. The Kier molecular flexibility index (Phi) is 8.31. The molecule has 0 aliphatic carbocycles. The van der Waals surface area contributed by atoms with Gasteiger partial charge in [-0.05, 0) is 37.1 Å². The molecule has 1 aromatic rings. The number of hydrogen-bond acceptors (Lipinski definition) is 5. The van der Waals surface area contributed by atoms with Crippen LogP contribution in [0.4, 0.5) is 0 Å². The fraction of sp³-hybridized carbons (Fsp3) is 0.556. The van der Waals surface area contributed by atoms with Crippen molar-refractivity contribution in [2.45, 2.75) is 33.3 Å². The minimum Gasteiger partial charge on any atom is -0.491 e. The molecule has 1 rings (SSSR count). The van der Waals surface area contributed by atoms with Crippen LogP contribution in [0.25, 0.3) is 0 Å². The summed E-state index contributed by atoms with van der Waals surface area (Å²) >= 11 is 0. The number of carbonyl (C=O) groups is 1. The lowest BCUT2D eigenvalue weighted by atomic mass is 10.1. The van der Waals surface area contributed by atoms with Crippen molar-refractivity contribution in [3.05, 3.63) is 29.8 Å². The number of ketones is 1. The van der Waals surface area contributed by atoms with Gasteiger partial charge in [0.15, 0.2) is 5.78 Å². The second kappa shape index (κ2) is 9.98. The maximum Gasteiger partial charge on any atom is 0.159 e. The van der Waals surface area contributed by atoms with Crippen molar-refractivity contribution in [2.75, 3.05) is 26.2 Å². The molecule has 0 fully saturated rings. The molecule has 126 valence electrons. The van der Waals surface area contributed by atoms with E-state index in [0.717, 1.165) is 6.54 Å². The first-order valence-corrected chi connectivity index (χ1v) is 7.93. The number of nitrogens with zero attached hydrogens (tertiary/aromatic N) is 2. The lowest BCUT2D eigenvalue weighted by Crippen LogP contribution is -2.38. The molecule has 0 spiro atoms. The van der Waals surface area contributed by atoms with Crippen LogP contribution in [-0.4, -0.2) is 48.1 Å². The van der Waals surface area contributed by atoms with Gasteiger partial charge in [0, 0.05) is 31.6 Å². The van der Waals surface area contributed by atoms with Crippen molar-refractivity contribution < 1.29 is 14.6 Å². The van der Waals surface area contributed by atoms with Crippen molar-refractivity contribution >= 4 is 5.78 Å². The molecule has 23 heavy (non-hydrogen) atoms. The van der Waals surface area contributed by atoms with Crippen LogP contribution in [0.3, 0.4) is 0 Å². The van der Waals surface area contributed by atoms with E-state index in [9.17, 15) is 9.90 Å². The smallest absolute Gasteiger partial charge is 0.159 e. The normalized spacial score (nSPS) is 12.2. The predicted octanol–water partition coefficient (Wildman–Crippen LogP) is 2.50. The number of rotatable bonds is 10. The minimum atomic E-state index is -0.625. The number of nitriles is 1. The van der Waals surface area contributed by atoms with Gasteiger partial charge >= 0.3 is 0 Å². The van der Waals surface area contributed by atoms with Crippen LogP contribution in [-0.2, 0) is 0 Å². The van der Waals surface area contributed by atoms with Crippen LogP contribution in [0.15, 0.2) is 24.3 Å². The molecule has 0 bridgehead atoms. The third-order valence-electron chi connectivity index (χ3n) is 3.34. The quantitative estimate of drug-likeness (QED) is 0.671. The molecule has 0 heterocycles. The summed E-state index contributed by atoms with van der Waals surface area (Å²) in [6.45, 7) is 7.89. The average Bonchev–Trinajstić information content (AvgIpc) is 2.50. The second-order valence-electron chi connectivity index (χ2n) is 6.11. The van der Waals surface area contributed by atoms with Crippen LogP contribution >= 0.6 is 0 Å². The van der Waals surface area contributed by atoms with Crippen LogP contribution in [0.2, 0.25) is 0 Å². The van der Waals surface area contributed by atoms with Crippen molar-refractivity contribution in [1.82, 2.24) is 4.90 Å². The molecule has 1 aromatic carbocycles. The first kappa shape index (κ1) is 19.1. The van der Waals surface area contributed by atoms with E-state index in [-0.39, 0.29) is 12.4 Å². The molecular weight excluding hydrogens is 292 g/mol. The third-order valence-corrected chi connectivity index (χ3v) is 3.34. The van der Waals surface area contributed by atoms with Crippen LogP contribution < -0.4 is 4.74 Å². The molecule has 0 aliphatic rings. The number of benzene rings is 1. The summed E-state index contributed by atoms with van der Waals surface area (Å²) in [4.78, 5) is 13.3. The molecule has 1 atom stereocenters. The lowest BCUT2D eigenvalue weighted by molar-refractivity contribution is 0.0650. The van der Waals surface area contributed by atoms with E-state index in [2.05, 4.69) is 24.8 Å². The zero-order chi connectivity index (χ0) is 17.2. The first-order chi connectivity index (χ1) is 10.9. The van der Waals surface area contributed by atoms with Gasteiger partial charge < -0.3 is 9.84 Å². The van der Waals surface area contributed by atoms with Gasteiger partial charge in [-0.3, -0.25) is 9.69 Å². The predicted molar refractivity (Wildman–Crippen MR) is 89.5 cm³/mol.